The normalized spacial score (nSPS) is 10.4. The summed E-state index contributed by atoms with van der Waals surface area (Å²) in [6.07, 6.45) is 0. The molecule has 1 aromatic heterocycles. The Labute approximate surface area is 153 Å². The molecule has 142 valence electrons. The maximum absolute atomic E-state index is 13.8. The van der Waals surface area contributed by atoms with Crippen molar-refractivity contribution in [2.75, 3.05) is 11.9 Å². The van der Waals surface area contributed by atoms with Gasteiger partial charge in [0.25, 0.3) is 5.91 Å². The zero-order valence-electron chi connectivity index (χ0n) is 13.7. The molecule has 2 rings (SSSR count). The molecule has 0 aliphatic heterocycles. The number of esters is 1. The van der Waals surface area contributed by atoms with E-state index in [1.165, 1.54) is 13.8 Å². The number of thiophene rings is 1. The molecule has 0 spiro atoms. The monoisotopic (exact) mass is 404 g/mol. The fourth-order valence-corrected chi connectivity index (χ4v) is 3.11. The molecule has 0 bridgehead atoms. The molecule has 5 nitrogen and oxygen atoms in total. The minimum atomic E-state index is -2.41. The fraction of sp³-hybridized carbons (Fsp3) is 0.188. The summed E-state index contributed by atoms with van der Waals surface area (Å²) in [6.45, 7) is 2.83. The van der Waals surface area contributed by atoms with Gasteiger partial charge in [0.2, 0.25) is 5.82 Å². The first-order valence-corrected chi connectivity index (χ1v) is 8.00. The highest BCUT2D eigenvalue weighted by molar-refractivity contribution is 7.17. The zero-order chi connectivity index (χ0) is 20.5. The molecule has 27 heavy (non-hydrogen) atoms. The van der Waals surface area contributed by atoms with Crippen LogP contribution in [0.25, 0.3) is 0 Å². The van der Waals surface area contributed by atoms with E-state index in [0.717, 1.165) is 0 Å². The van der Waals surface area contributed by atoms with Crippen LogP contribution in [-0.2, 0) is 4.74 Å². The molecule has 0 aliphatic rings. The lowest BCUT2D eigenvalue weighted by molar-refractivity contribution is 0.0527. The standard InChI is InChI=1S/C16H9F5N2O3S/c1-3-26-16(25)7-5(2)6(4-22)27-15(7)23-14(24)8-9(17)11(19)13(21)12(20)10(8)18/h3H2,1-2H3,(H,23,24). The molecule has 0 fully saturated rings. The summed E-state index contributed by atoms with van der Waals surface area (Å²) in [6, 6.07) is 1.76. The number of carbonyl (C=O) groups is 2. The third-order valence-corrected chi connectivity index (χ3v) is 4.50. The van der Waals surface area contributed by atoms with Crippen molar-refractivity contribution >= 4 is 28.2 Å². The molecule has 0 aliphatic carbocycles. The van der Waals surface area contributed by atoms with E-state index in [9.17, 15) is 31.5 Å². The van der Waals surface area contributed by atoms with Gasteiger partial charge in [0.05, 0.1) is 12.2 Å². The largest absolute Gasteiger partial charge is 0.462 e. The summed E-state index contributed by atoms with van der Waals surface area (Å²) in [4.78, 5) is 24.2. The van der Waals surface area contributed by atoms with E-state index < -0.39 is 46.5 Å². The highest BCUT2D eigenvalue weighted by Gasteiger charge is 2.31. The van der Waals surface area contributed by atoms with Crippen LogP contribution in [0, 0.1) is 47.3 Å². The predicted octanol–water partition coefficient (Wildman–Crippen LogP) is 4.05. The van der Waals surface area contributed by atoms with E-state index >= 15 is 0 Å². The maximum Gasteiger partial charge on any atom is 0.341 e. The minimum Gasteiger partial charge on any atom is -0.462 e. The molecule has 1 amide bonds. The van der Waals surface area contributed by atoms with Crippen molar-refractivity contribution in [3.8, 4) is 6.07 Å². The summed E-state index contributed by atoms with van der Waals surface area (Å²) < 4.78 is 72.0. The van der Waals surface area contributed by atoms with Gasteiger partial charge in [-0.15, -0.1) is 11.3 Å². The van der Waals surface area contributed by atoms with Gasteiger partial charge in [-0.1, -0.05) is 0 Å². The van der Waals surface area contributed by atoms with Crippen LogP contribution in [0.5, 0.6) is 0 Å². The van der Waals surface area contributed by atoms with Gasteiger partial charge in [0.15, 0.2) is 23.3 Å². The molecule has 0 atom stereocenters. The van der Waals surface area contributed by atoms with Crippen LogP contribution in [0.4, 0.5) is 27.0 Å². The second-order valence-electron chi connectivity index (χ2n) is 4.99. The number of halogens is 5. The third-order valence-electron chi connectivity index (χ3n) is 3.39. The van der Waals surface area contributed by atoms with Gasteiger partial charge in [0.1, 0.15) is 21.5 Å². The van der Waals surface area contributed by atoms with Crippen molar-refractivity contribution in [2.45, 2.75) is 13.8 Å². The Morgan fingerprint density at radius 2 is 1.56 bits per heavy atom. The SMILES string of the molecule is CCOC(=O)c1c(NC(=O)c2c(F)c(F)c(F)c(F)c2F)sc(C#N)c1C. The predicted molar refractivity (Wildman–Crippen MR) is 83.9 cm³/mol. The van der Waals surface area contributed by atoms with Gasteiger partial charge in [-0.3, -0.25) is 4.79 Å². The average Bonchev–Trinajstić information content (AvgIpc) is 2.93. The van der Waals surface area contributed by atoms with Crippen LogP contribution in [-0.4, -0.2) is 18.5 Å². The van der Waals surface area contributed by atoms with Crippen LogP contribution in [0.3, 0.4) is 0 Å². The molecule has 1 heterocycles. The van der Waals surface area contributed by atoms with Crippen LogP contribution in [0.2, 0.25) is 0 Å². The van der Waals surface area contributed by atoms with Crippen molar-refractivity contribution in [3.63, 3.8) is 0 Å². The number of hydrogen-bond acceptors (Lipinski definition) is 5. The number of ether oxygens (including phenoxy) is 1. The van der Waals surface area contributed by atoms with E-state index in [-0.39, 0.29) is 27.6 Å². The van der Waals surface area contributed by atoms with Crippen LogP contribution < -0.4 is 5.32 Å². The van der Waals surface area contributed by atoms with Crippen molar-refractivity contribution in [2.24, 2.45) is 0 Å². The molecule has 1 N–H and O–H groups in total. The number of nitriles is 1. The molecule has 0 radical (unpaired) electrons. The minimum absolute atomic E-state index is 0.00855. The van der Waals surface area contributed by atoms with Gasteiger partial charge in [-0.05, 0) is 19.4 Å². The fourth-order valence-electron chi connectivity index (χ4n) is 2.13. The van der Waals surface area contributed by atoms with E-state index in [1.807, 2.05) is 5.32 Å². The topological polar surface area (TPSA) is 79.2 Å². The first kappa shape index (κ1) is 20.3. The Hall–Kier alpha value is -3.00. The lowest BCUT2D eigenvalue weighted by Crippen LogP contribution is -2.20. The van der Waals surface area contributed by atoms with E-state index in [2.05, 4.69) is 0 Å². The Morgan fingerprint density at radius 3 is 2.04 bits per heavy atom. The first-order chi connectivity index (χ1) is 12.6. The number of amides is 1. The number of carbonyl (C=O) groups excluding carboxylic acids is 2. The van der Waals surface area contributed by atoms with E-state index in [1.54, 1.807) is 6.07 Å². The van der Waals surface area contributed by atoms with Gasteiger partial charge in [-0.25, -0.2) is 26.7 Å². The molecule has 2 aromatic rings. The number of nitrogens with one attached hydrogen (secondary N) is 1. The van der Waals surface area contributed by atoms with E-state index in [4.69, 9.17) is 10.00 Å². The smallest absolute Gasteiger partial charge is 0.341 e. The van der Waals surface area contributed by atoms with Gasteiger partial charge in [0, 0.05) is 0 Å². The molecule has 0 saturated heterocycles. The van der Waals surface area contributed by atoms with Gasteiger partial charge >= 0.3 is 5.97 Å². The summed E-state index contributed by atoms with van der Waals surface area (Å²) in [5.41, 5.74) is -1.84. The zero-order valence-corrected chi connectivity index (χ0v) is 14.5. The van der Waals surface area contributed by atoms with Crippen molar-refractivity contribution < 1.29 is 36.3 Å². The second kappa shape index (κ2) is 7.71. The molecule has 0 saturated carbocycles. The highest BCUT2D eigenvalue weighted by atomic mass is 32.1. The molecular formula is C16H9F5N2O3S. The summed E-state index contributed by atoms with van der Waals surface area (Å²) >= 11 is 0.586. The van der Waals surface area contributed by atoms with Crippen LogP contribution >= 0.6 is 11.3 Å². The number of anilines is 1. The average molecular weight is 404 g/mol. The van der Waals surface area contributed by atoms with Crippen LogP contribution in [0.15, 0.2) is 0 Å². The molecule has 0 unspecified atom stereocenters. The van der Waals surface area contributed by atoms with Gasteiger partial charge in [-0.2, -0.15) is 5.26 Å². The Bertz CT molecular complexity index is 968. The number of hydrogen-bond donors (Lipinski definition) is 1. The lowest BCUT2D eigenvalue weighted by atomic mass is 10.1. The van der Waals surface area contributed by atoms with Crippen molar-refractivity contribution in [3.05, 3.63) is 50.7 Å². The number of benzene rings is 1. The molecule has 11 heteroatoms. The van der Waals surface area contributed by atoms with E-state index in [0.29, 0.717) is 11.3 Å². The van der Waals surface area contributed by atoms with Crippen LogP contribution in [0.1, 0.15) is 38.1 Å². The second-order valence-corrected chi connectivity index (χ2v) is 6.01. The molecule has 1 aromatic carbocycles. The lowest BCUT2D eigenvalue weighted by Gasteiger charge is -2.09. The Morgan fingerprint density at radius 1 is 1.04 bits per heavy atom. The summed E-state index contributed by atoms with van der Waals surface area (Å²) in [7, 11) is 0. The Balaban J connectivity index is 2.55. The molecular weight excluding hydrogens is 395 g/mol. The van der Waals surface area contributed by atoms with Crippen molar-refractivity contribution in [1.82, 2.24) is 0 Å². The first-order valence-electron chi connectivity index (χ1n) is 7.18. The Kier molecular flexibility index (Phi) is 5.80. The maximum atomic E-state index is 13.8. The summed E-state index contributed by atoms with van der Waals surface area (Å²) in [5.74, 6) is -14.2. The van der Waals surface area contributed by atoms with Crippen molar-refractivity contribution in [1.29, 1.82) is 5.26 Å². The number of rotatable bonds is 4. The quantitative estimate of drug-likeness (QED) is 0.361. The summed E-state index contributed by atoms with van der Waals surface area (Å²) in [5, 5.41) is 10.6. The number of nitrogens with zero attached hydrogens (tertiary/aromatic N) is 1. The highest BCUT2D eigenvalue weighted by Crippen LogP contribution is 2.34. The third kappa shape index (κ3) is 3.48. The van der Waals surface area contributed by atoms with Gasteiger partial charge < -0.3 is 10.1 Å².